The number of benzene rings is 1. The van der Waals surface area contributed by atoms with Gasteiger partial charge in [0.1, 0.15) is 22.2 Å². The molecule has 0 fully saturated rings. The van der Waals surface area contributed by atoms with Crippen LogP contribution in [0.3, 0.4) is 0 Å². The molecule has 3 aromatic rings. The Balaban J connectivity index is 1.53. The van der Waals surface area contributed by atoms with Crippen LogP contribution in [0.5, 0.6) is 5.75 Å². The molecule has 4 rings (SSSR count). The molecule has 2 aromatic heterocycles. The van der Waals surface area contributed by atoms with Gasteiger partial charge < -0.3 is 14.8 Å². The Kier molecular flexibility index (Phi) is 5.70. The number of nitrogens with zero attached hydrogens (tertiary/aromatic N) is 2. The van der Waals surface area contributed by atoms with Crippen LogP contribution < -0.4 is 10.1 Å². The van der Waals surface area contributed by atoms with Crippen molar-refractivity contribution in [3.05, 3.63) is 51.0 Å². The van der Waals surface area contributed by atoms with E-state index in [4.69, 9.17) is 14.5 Å². The van der Waals surface area contributed by atoms with Crippen LogP contribution in [0, 0.1) is 19.7 Å². The predicted molar refractivity (Wildman–Crippen MR) is 118 cm³/mol. The summed E-state index contributed by atoms with van der Waals surface area (Å²) in [7, 11) is 0. The normalized spacial score (nSPS) is 13.7. The van der Waals surface area contributed by atoms with Gasteiger partial charge in [0, 0.05) is 22.9 Å². The molecule has 31 heavy (non-hydrogen) atoms. The van der Waals surface area contributed by atoms with Crippen molar-refractivity contribution in [2.24, 2.45) is 0 Å². The molecule has 164 valence electrons. The molecule has 0 unspecified atom stereocenters. The third-order valence-corrected chi connectivity index (χ3v) is 6.46. The highest BCUT2D eigenvalue weighted by Gasteiger charge is 2.23. The minimum absolute atomic E-state index is 0.149. The van der Waals surface area contributed by atoms with E-state index in [0.29, 0.717) is 35.8 Å². The third-order valence-electron chi connectivity index (χ3n) is 5.28. The minimum atomic E-state index is -0.335. The van der Waals surface area contributed by atoms with Crippen LogP contribution in [0.2, 0.25) is 0 Å². The molecule has 1 aromatic carbocycles. The highest BCUT2D eigenvalue weighted by atomic mass is 32.1. The third kappa shape index (κ3) is 4.27. The summed E-state index contributed by atoms with van der Waals surface area (Å²) in [6.07, 6.45) is 0.461. The van der Waals surface area contributed by atoms with Gasteiger partial charge in [-0.05, 0) is 43.5 Å². The van der Waals surface area contributed by atoms with Gasteiger partial charge in [-0.1, -0.05) is 20.8 Å². The van der Waals surface area contributed by atoms with Gasteiger partial charge in [-0.3, -0.25) is 4.79 Å². The molecular formula is C23H26FN3O3S. The summed E-state index contributed by atoms with van der Waals surface area (Å²) >= 11 is 1.38. The van der Waals surface area contributed by atoms with Gasteiger partial charge >= 0.3 is 0 Å². The molecule has 0 aliphatic carbocycles. The SMILES string of the molecule is Cc1nc(C(C)(C)C)nc2sc(C(=O)NCCc3cc(F)cc4c3OCOC4)c(C)c12. The summed E-state index contributed by atoms with van der Waals surface area (Å²) in [6, 6.07) is 2.88. The van der Waals surface area contributed by atoms with E-state index in [9.17, 15) is 9.18 Å². The first-order valence-corrected chi connectivity index (χ1v) is 11.0. The second-order valence-electron chi connectivity index (χ2n) is 8.79. The molecule has 8 heteroatoms. The Hall–Kier alpha value is -2.58. The summed E-state index contributed by atoms with van der Waals surface area (Å²) in [5.74, 6) is 0.927. The number of fused-ring (bicyclic) bond motifs is 2. The topological polar surface area (TPSA) is 73.3 Å². The van der Waals surface area contributed by atoms with Crippen molar-refractivity contribution in [1.82, 2.24) is 15.3 Å². The zero-order valence-corrected chi connectivity index (χ0v) is 19.2. The second kappa shape index (κ2) is 8.16. The fourth-order valence-corrected chi connectivity index (χ4v) is 4.87. The molecule has 3 heterocycles. The van der Waals surface area contributed by atoms with Crippen molar-refractivity contribution in [2.45, 2.75) is 53.1 Å². The highest BCUT2D eigenvalue weighted by Crippen LogP contribution is 2.33. The van der Waals surface area contributed by atoms with Gasteiger partial charge in [0.2, 0.25) is 0 Å². The van der Waals surface area contributed by atoms with E-state index in [-0.39, 0.29) is 23.9 Å². The number of thiophene rings is 1. The Labute approximate surface area is 184 Å². The number of carbonyl (C=O) groups is 1. The van der Waals surface area contributed by atoms with Crippen molar-refractivity contribution in [1.29, 1.82) is 0 Å². The fraction of sp³-hybridized carbons (Fsp3) is 0.435. The zero-order chi connectivity index (χ0) is 22.3. The first-order valence-electron chi connectivity index (χ1n) is 10.2. The van der Waals surface area contributed by atoms with Gasteiger partial charge in [0.25, 0.3) is 5.91 Å². The van der Waals surface area contributed by atoms with Gasteiger partial charge in [-0.2, -0.15) is 0 Å². The maximum Gasteiger partial charge on any atom is 0.261 e. The molecule has 1 aliphatic rings. The maximum atomic E-state index is 13.9. The molecule has 0 radical (unpaired) electrons. The van der Waals surface area contributed by atoms with E-state index < -0.39 is 0 Å². The number of ether oxygens (including phenoxy) is 2. The number of rotatable bonds is 4. The quantitative estimate of drug-likeness (QED) is 0.639. The van der Waals surface area contributed by atoms with Gasteiger partial charge in [-0.15, -0.1) is 11.3 Å². The molecule has 1 amide bonds. The Morgan fingerprint density at radius 1 is 1.26 bits per heavy atom. The van der Waals surface area contributed by atoms with E-state index in [2.05, 4.69) is 31.1 Å². The van der Waals surface area contributed by atoms with Gasteiger partial charge in [-0.25, -0.2) is 14.4 Å². The highest BCUT2D eigenvalue weighted by molar-refractivity contribution is 7.20. The summed E-state index contributed by atoms with van der Waals surface area (Å²) in [5, 5.41) is 3.89. The van der Waals surface area contributed by atoms with Crippen LogP contribution in [0.25, 0.3) is 10.2 Å². The van der Waals surface area contributed by atoms with Crippen molar-refractivity contribution in [3.8, 4) is 5.75 Å². The molecule has 0 saturated heterocycles. The van der Waals surface area contributed by atoms with Gasteiger partial charge in [0.05, 0.1) is 17.2 Å². The summed E-state index contributed by atoms with van der Waals surface area (Å²) in [6.45, 7) is 10.9. The monoisotopic (exact) mass is 443 g/mol. The molecule has 0 saturated carbocycles. The number of aryl methyl sites for hydroxylation is 2. The van der Waals surface area contributed by atoms with Crippen molar-refractivity contribution in [3.63, 3.8) is 0 Å². The van der Waals surface area contributed by atoms with E-state index in [1.165, 1.54) is 23.5 Å². The largest absolute Gasteiger partial charge is 0.467 e. The molecule has 0 spiro atoms. The lowest BCUT2D eigenvalue weighted by Crippen LogP contribution is -2.26. The number of amides is 1. The fourth-order valence-electron chi connectivity index (χ4n) is 3.72. The lowest BCUT2D eigenvalue weighted by Gasteiger charge is -2.21. The molecule has 1 N–H and O–H groups in total. The predicted octanol–water partition coefficient (Wildman–Crippen LogP) is 4.58. The van der Waals surface area contributed by atoms with E-state index >= 15 is 0 Å². The molecule has 1 aliphatic heterocycles. The number of hydrogen-bond acceptors (Lipinski definition) is 6. The van der Waals surface area contributed by atoms with Crippen LogP contribution >= 0.6 is 11.3 Å². The number of halogens is 1. The average Bonchev–Trinajstić information content (AvgIpc) is 3.04. The zero-order valence-electron chi connectivity index (χ0n) is 18.4. The number of aromatic nitrogens is 2. The average molecular weight is 444 g/mol. The van der Waals surface area contributed by atoms with E-state index in [0.717, 1.165) is 32.9 Å². The van der Waals surface area contributed by atoms with Crippen LogP contribution in [-0.4, -0.2) is 29.2 Å². The summed E-state index contributed by atoms with van der Waals surface area (Å²) in [4.78, 5) is 23.7. The van der Waals surface area contributed by atoms with E-state index in [1.54, 1.807) is 0 Å². The Bertz CT molecular complexity index is 1170. The molecule has 0 atom stereocenters. The Morgan fingerprint density at radius 3 is 2.77 bits per heavy atom. The molecule has 6 nitrogen and oxygen atoms in total. The van der Waals surface area contributed by atoms with E-state index in [1.807, 2.05) is 13.8 Å². The summed E-state index contributed by atoms with van der Waals surface area (Å²) in [5.41, 5.74) is 3.02. The Morgan fingerprint density at radius 2 is 2.03 bits per heavy atom. The standard InChI is InChI=1S/C23H26FN3O3S/c1-12-17-13(2)26-22(23(3,4)5)27-21(17)31-19(12)20(28)25-7-6-14-8-16(24)9-15-10-29-11-30-18(14)15/h8-9H,6-7,10-11H2,1-5H3,(H,25,28). The van der Waals surface area contributed by atoms with Crippen LogP contribution in [0.1, 0.15) is 58.7 Å². The lowest BCUT2D eigenvalue weighted by molar-refractivity contribution is -0.0172. The number of nitrogens with one attached hydrogen (secondary N) is 1. The van der Waals surface area contributed by atoms with Gasteiger partial charge in [0.15, 0.2) is 6.79 Å². The smallest absolute Gasteiger partial charge is 0.261 e. The number of carbonyl (C=O) groups excluding carboxylic acids is 1. The van der Waals surface area contributed by atoms with Crippen molar-refractivity contribution >= 4 is 27.5 Å². The first kappa shape index (κ1) is 21.6. The molecule has 0 bridgehead atoms. The van der Waals surface area contributed by atoms with Crippen molar-refractivity contribution in [2.75, 3.05) is 13.3 Å². The first-order chi connectivity index (χ1) is 14.6. The molecular weight excluding hydrogens is 417 g/mol. The minimum Gasteiger partial charge on any atom is -0.467 e. The van der Waals surface area contributed by atoms with Crippen LogP contribution in [0.4, 0.5) is 4.39 Å². The maximum absolute atomic E-state index is 13.9. The number of hydrogen-bond donors (Lipinski definition) is 1. The van der Waals surface area contributed by atoms with Crippen LogP contribution in [0.15, 0.2) is 12.1 Å². The second-order valence-corrected chi connectivity index (χ2v) is 9.79. The van der Waals surface area contributed by atoms with Crippen molar-refractivity contribution < 1.29 is 18.7 Å². The lowest BCUT2D eigenvalue weighted by atomic mass is 9.95. The van der Waals surface area contributed by atoms with Crippen LogP contribution in [-0.2, 0) is 23.2 Å². The summed E-state index contributed by atoms with van der Waals surface area (Å²) < 4.78 is 24.7.